The van der Waals surface area contributed by atoms with Gasteiger partial charge in [0.2, 0.25) is 18.0 Å². The van der Waals surface area contributed by atoms with Crippen molar-refractivity contribution in [3.63, 3.8) is 0 Å². The number of esters is 1. The van der Waals surface area contributed by atoms with E-state index >= 15 is 4.39 Å². The van der Waals surface area contributed by atoms with Crippen LogP contribution >= 0.6 is 0 Å². The van der Waals surface area contributed by atoms with Crippen molar-refractivity contribution in [3.8, 4) is 0 Å². The fourth-order valence-electron chi connectivity index (χ4n) is 6.07. The summed E-state index contributed by atoms with van der Waals surface area (Å²) in [5.74, 6) is -7.77. The standard InChI is InChI=1S/C36H41F4N5O7/c1-34(2,3)52-33(50)44-35(16-17-35)32(49)51-19-45-27-23(10-7-11-25(27)37)26(21-8-5-4-6-9-21)42-29(31(45)48)43-30(47)22(14-15-36(38,39)40)24(28(41)46)18-20-12-13-20/h4-11,20,22,24,29H,12-19H2,1-3H3,(H2,41,46)(H,43,47)(H,44,50). The highest BCUT2D eigenvalue weighted by Crippen LogP contribution is 2.40. The monoisotopic (exact) mass is 731 g/mol. The van der Waals surface area contributed by atoms with Crippen LogP contribution in [-0.4, -0.2) is 65.7 Å². The van der Waals surface area contributed by atoms with E-state index in [1.165, 1.54) is 12.1 Å². The Morgan fingerprint density at radius 3 is 2.27 bits per heavy atom. The smallest absolute Gasteiger partial charge is 0.408 e. The zero-order chi connectivity index (χ0) is 38.0. The molecule has 0 spiro atoms. The number of rotatable bonds is 13. The molecule has 2 aliphatic carbocycles. The quantitative estimate of drug-likeness (QED) is 0.195. The molecule has 0 saturated heterocycles. The zero-order valence-corrected chi connectivity index (χ0v) is 28.9. The molecule has 0 bridgehead atoms. The van der Waals surface area contributed by atoms with Gasteiger partial charge in [-0.25, -0.2) is 19.0 Å². The van der Waals surface area contributed by atoms with Crippen LogP contribution in [0.15, 0.2) is 53.5 Å². The molecule has 0 radical (unpaired) electrons. The molecule has 3 aliphatic rings. The Balaban J connectivity index is 1.49. The Hall–Kier alpha value is -5.02. The minimum absolute atomic E-state index is 0.0168. The first-order valence-electron chi connectivity index (χ1n) is 17.0. The Morgan fingerprint density at radius 2 is 1.69 bits per heavy atom. The summed E-state index contributed by atoms with van der Waals surface area (Å²) >= 11 is 0. The first kappa shape index (κ1) is 38.2. The summed E-state index contributed by atoms with van der Waals surface area (Å²) in [4.78, 5) is 71.8. The zero-order valence-electron chi connectivity index (χ0n) is 28.9. The van der Waals surface area contributed by atoms with Crippen LogP contribution in [0, 0.1) is 23.6 Å². The minimum atomic E-state index is -4.66. The third-order valence-corrected chi connectivity index (χ3v) is 9.01. The molecule has 0 aromatic heterocycles. The fraction of sp³-hybridized carbons (Fsp3) is 0.500. The highest BCUT2D eigenvalue weighted by atomic mass is 19.4. The van der Waals surface area contributed by atoms with Gasteiger partial charge in [0.05, 0.1) is 11.4 Å². The van der Waals surface area contributed by atoms with Gasteiger partial charge in [-0.2, -0.15) is 13.2 Å². The van der Waals surface area contributed by atoms with Crippen molar-refractivity contribution < 1.29 is 51.0 Å². The van der Waals surface area contributed by atoms with E-state index < -0.39 is 90.5 Å². The third kappa shape index (κ3) is 9.44. The van der Waals surface area contributed by atoms with Gasteiger partial charge < -0.3 is 25.8 Å². The average molecular weight is 732 g/mol. The number of para-hydroxylation sites is 1. The highest BCUT2D eigenvalue weighted by Gasteiger charge is 2.54. The Labute approximate surface area is 297 Å². The molecule has 52 heavy (non-hydrogen) atoms. The van der Waals surface area contributed by atoms with E-state index in [-0.39, 0.29) is 42.1 Å². The van der Waals surface area contributed by atoms with Crippen LogP contribution in [0.1, 0.15) is 76.8 Å². The number of hydrogen-bond acceptors (Lipinski definition) is 8. The Morgan fingerprint density at radius 1 is 1.02 bits per heavy atom. The molecule has 1 aliphatic heterocycles. The fourth-order valence-corrected chi connectivity index (χ4v) is 6.07. The van der Waals surface area contributed by atoms with Crippen molar-refractivity contribution in [2.24, 2.45) is 28.5 Å². The molecule has 5 rings (SSSR count). The molecule has 16 heteroatoms. The number of carbonyl (C=O) groups is 5. The van der Waals surface area contributed by atoms with E-state index in [2.05, 4.69) is 15.6 Å². The lowest BCUT2D eigenvalue weighted by atomic mass is 9.83. The van der Waals surface area contributed by atoms with Gasteiger partial charge in [0.25, 0.3) is 5.91 Å². The van der Waals surface area contributed by atoms with Crippen molar-refractivity contribution >= 4 is 41.2 Å². The maximum absolute atomic E-state index is 15.8. The molecule has 12 nitrogen and oxygen atoms in total. The second-order valence-electron chi connectivity index (χ2n) is 14.4. The van der Waals surface area contributed by atoms with Crippen molar-refractivity contribution in [1.82, 2.24) is 10.6 Å². The number of primary amides is 1. The number of nitrogens with two attached hydrogens (primary N) is 1. The van der Waals surface area contributed by atoms with E-state index in [4.69, 9.17) is 15.2 Å². The van der Waals surface area contributed by atoms with Gasteiger partial charge >= 0.3 is 18.2 Å². The number of aliphatic imine (C=N–C) groups is 1. The number of carbonyl (C=O) groups excluding carboxylic acids is 5. The minimum Gasteiger partial charge on any atom is -0.444 e. The van der Waals surface area contributed by atoms with Crippen molar-refractivity contribution in [2.75, 3.05) is 11.6 Å². The number of nitrogens with zero attached hydrogens (tertiary/aromatic N) is 2. The molecule has 3 unspecified atom stereocenters. The average Bonchev–Trinajstić information content (AvgIpc) is 3.99. The molecule has 2 aromatic rings. The second kappa shape index (κ2) is 14.9. The van der Waals surface area contributed by atoms with Crippen LogP contribution in [0.3, 0.4) is 0 Å². The lowest BCUT2D eigenvalue weighted by Crippen LogP contribution is -2.52. The molecule has 2 saturated carbocycles. The SMILES string of the molecule is CC(C)(C)OC(=O)NC1(C(=O)OCN2C(=O)C(NC(=O)C(CCC(F)(F)F)C(CC3CC3)C(N)=O)N=C(c3ccccc3)c3cccc(F)c32)CC1. The predicted octanol–water partition coefficient (Wildman–Crippen LogP) is 4.87. The Bertz CT molecular complexity index is 1740. The summed E-state index contributed by atoms with van der Waals surface area (Å²) < 4.78 is 66.8. The van der Waals surface area contributed by atoms with Gasteiger partial charge in [0, 0.05) is 29.4 Å². The van der Waals surface area contributed by atoms with E-state index in [1.807, 2.05) is 0 Å². The number of ether oxygens (including phenoxy) is 2. The van der Waals surface area contributed by atoms with Crippen LogP contribution in [0.4, 0.5) is 28.0 Å². The van der Waals surface area contributed by atoms with Gasteiger partial charge in [-0.1, -0.05) is 55.3 Å². The predicted molar refractivity (Wildman–Crippen MR) is 179 cm³/mol. The lowest BCUT2D eigenvalue weighted by molar-refractivity contribution is -0.149. The molecular weight excluding hydrogens is 690 g/mol. The number of benzene rings is 2. The lowest BCUT2D eigenvalue weighted by Gasteiger charge is -2.28. The number of hydrogen-bond donors (Lipinski definition) is 3. The first-order valence-corrected chi connectivity index (χ1v) is 17.0. The van der Waals surface area contributed by atoms with Crippen LogP contribution < -0.4 is 21.3 Å². The molecular formula is C36H41F4N5O7. The van der Waals surface area contributed by atoms with Gasteiger partial charge in [0.1, 0.15) is 17.0 Å². The molecule has 4 amide bonds. The van der Waals surface area contributed by atoms with Crippen LogP contribution in [0.5, 0.6) is 0 Å². The van der Waals surface area contributed by atoms with Crippen LogP contribution in [0.25, 0.3) is 0 Å². The van der Waals surface area contributed by atoms with Crippen molar-refractivity contribution in [1.29, 1.82) is 0 Å². The van der Waals surface area contributed by atoms with E-state index in [0.29, 0.717) is 5.56 Å². The number of fused-ring (bicyclic) bond motifs is 1. The van der Waals surface area contributed by atoms with Gasteiger partial charge in [0.15, 0.2) is 6.73 Å². The van der Waals surface area contributed by atoms with E-state index in [9.17, 15) is 37.1 Å². The largest absolute Gasteiger partial charge is 0.444 e. The maximum atomic E-state index is 15.8. The number of anilines is 1. The number of halogens is 4. The molecule has 3 atom stereocenters. The number of amides is 4. The van der Waals surface area contributed by atoms with Crippen LogP contribution in [-0.2, 0) is 28.7 Å². The van der Waals surface area contributed by atoms with Gasteiger partial charge in [-0.3, -0.25) is 19.3 Å². The topological polar surface area (TPSA) is 169 Å². The summed E-state index contributed by atoms with van der Waals surface area (Å²) in [7, 11) is 0. The van der Waals surface area contributed by atoms with Crippen molar-refractivity contribution in [2.45, 2.75) is 89.2 Å². The van der Waals surface area contributed by atoms with E-state index in [0.717, 1.165) is 23.8 Å². The summed E-state index contributed by atoms with van der Waals surface area (Å²) in [6, 6.07) is 12.2. The number of nitrogens with one attached hydrogen (secondary N) is 2. The number of alkyl carbamates (subject to hydrolysis) is 1. The molecule has 2 aromatic carbocycles. The molecule has 1 heterocycles. The molecule has 4 N–H and O–H groups in total. The third-order valence-electron chi connectivity index (χ3n) is 9.01. The summed E-state index contributed by atoms with van der Waals surface area (Å²) in [6.07, 6.45) is -7.62. The van der Waals surface area contributed by atoms with Gasteiger partial charge in [-0.15, -0.1) is 0 Å². The van der Waals surface area contributed by atoms with Crippen molar-refractivity contribution in [3.05, 3.63) is 65.5 Å². The first-order chi connectivity index (χ1) is 24.4. The Kier molecular flexibility index (Phi) is 11.0. The second-order valence-corrected chi connectivity index (χ2v) is 14.4. The maximum Gasteiger partial charge on any atom is 0.408 e. The highest BCUT2D eigenvalue weighted by molar-refractivity contribution is 6.20. The molecule has 280 valence electrons. The molecule has 2 fully saturated rings. The summed E-state index contributed by atoms with van der Waals surface area (Å²) in [5, 5.41) is 4.90. The summed E-state index contributed by atoms with van der Waals surface area (Å²) in [5.41, 5.74) is 3.48. The van der Waals surface area contributed by atoms with E-state index in [1.54, 1.807) is 51.1 Å². The number of alkyl halides is 3. The number of benzodiazepines with no additional fused rings is 1. The van der Waals surface area contributed by atoms with Gasteiger partial charge in [-0.05, 0) is 58.4 Å². The van der Waals surface area contributed by atoms with Crippen LogP contribution in [0.2, 0.25) is 0 Å². The normalized spacial score (nSPS) is 19.3. The summed E-state index contributed by atoms with van der Waals surface area (Å²) in [6.45, 7) is 4.03.